The van der Waals surface area contributed by atoms with E-state index in [1.54, 1.807) is 0 Å². The number of sulfonamides is 1. The lowest BCUT2D eigenvalue weighted by Gasteiger charge is -2.21. The molecule has 1 N–H and O–H groups in total. The third-order valence-electron chi connectivity index (χ3n) is 4.56. The summed E-state index contributed by atoms with van der Waals surface area (Å²) < 4.78 is 25.8. The summed E-state index contributed by atoms with van der Waals surface area (Å²) in [6.07, 6.45) is 2.25. The van der Waals surface area contributed by atoms with Crippen LogP contribution < -0.4 is 10.2 Å². The maximum absolute atomic E-state index is 12.8. The zero-order valence-electron chi connectivity index (χ0n) is 15.3. The van der Waals surface area contributed by atoms with Crippen LogP contribution in [0.1, 0.15) is 23.2 Å². The van der Waals surface area contributed by atoms with Crippen molar-refractivity contribution < 1.29 is 13.2 Å². The van der Waals surface area contributed by atoms with Crippen LogP contribution in [0.4, 0.5) is 11.4 Å². The van der Waals surface area contributed by atoms with E-state index in [1.807, 2.05) is 24.3 Å². The van der Waals surface area contributed by atoms with E-state index in [0.29, 0.717) is 5.69 Å². The normalized spacial score (nSPS) is 14.6. The van der Waals surface area contributed by atoms with E-state index in [1.165, 1.54) is 32.3 Å². The zero-order chi connectivity index (χ0) is 19.6. The third kappa shape index (κ3) is 4.10. The molecule has 0 radical (unpaired) electrons. The summed E-state index contributed by atoms with van der Waals surface area (Å²) in [6, 6.07) is 11.7. The first-order chi connectivity index (χ1) is 12.8. The third-order valence-corrected chi connectivity index (χ3v) is 6.70. The Morgan fingerprint density at radius 1 is 1.11 bits per heavy atom. The fourth-order valence-electron chi connectivity index (χ4n) is 3.05. The van der Waals surface area contributed by atoms with Gasteiger partial charge in [0.25, 0.3) is 5.91 Å². The van der Waals surface area contributed by atoms with Crippen LogP contribution in [0.5, 0.6) is 0 Å². The first-order valence-corrected chi connectivity index (χ1v) is 10.5. The average molecular weight is 408 g/mol. The number of para-hydroxylation sites is 2. The molecule has 2 aromatic rings. The Morgan fingerprint density at radius 3 is 2.44 bits per heavy atom. The summed E-state index contributed by atoms with van der Waals surface area (Å²) in [7, 11) is -0.776. The number of hydrogen-bond donors (Lipinski definition) is 1. The Labute approximate surface area is 164 Å². The zero-order valence-corrected chi connectivity index (χ0v) is 16.8. The van der Waals surface area contributed by atoms with Crippen LogP contribution in [0.2, 0.25) is 5.02 Å². The topological polar surface area (TPSA) is 69.7 Å². The highest BCUT2D eigenvalue weighted by Crippen LogP contribution is 2.30. The highest BCUT2D eigenvalue weighted by molar-refractivity contribution is 7.89. The molecule has 1 aliphatic rings. The number of nitrogens with one attached hydrogen (secondary N) is 1. The molecule has 0 aliphatic carbocycles. The molecule has 2 aromatic carbocycles. The lowest BCUT2D eigenvalue weighted by Crippen LogP contribution is -2.23. The van der Waals surface area contributed by atoms with Gasteiger partial charge in [-0.3, -0.25) is 4.79 Å². The Morgan fingerprint density at radius 2 is 1.78 bits per heavy atom. The smallest absolute Gasteiger partial charge is 0.257 e. The molecule has 0 saturated carbocycles. The molecule has 0 bridgehead atoms. The molecule has 144 valence electrons. The molecule has 1 aliphatic heterocycles. The van der Waals surface area contributed by atoms with Crippen molar-refractivity contribution >= 4 is 38.9 Å². The average Bonchev–Trinajstić information content (AvgIpc) is 3.16. The molecule has 0 atom stereocenters. The number of benzene rings is 2. The summed E-state index contributed by atoms with van der Waals surface area (Å²) in [5.74, 6) is -0.442. The van der Waals surface area contributed by atoms with Gasteiger partial charge >= 0.3 is 0 Å². The van der Waals surface area contributed by atoms with Gasteiger partial charge in [-0.1, -0.05) is 23.7 Å². The second kappa shape index (κ2) is 7.88. The highest BCUT2D eigenvalue weighted by atomic mass is 35.5. The van der Waals surface area contributed by atoms with Crippen molar-refractivity contribution in [1.29, 1.82) is 0 Å². The van der Waals surface area contributed by atoms with Gasteiger partial charge in [0.1, 0.15) is 0 Å². The first-order valence-electron chi connectivity index (χ1n) is 8.68. The predicted molar refractivity (Wildman–Crippen MR) is 108 cm³/mol. The molecule has 3 rings (SSSR count). The quantitative estimate of drug-likeness (QED) is 0.824. The molecular formula is C19H22ClN3O3S. The number of carbonyl (C=O) groups excluding carboxylic acids is 1. The Kier molecular flexibility index (Phi) is 5.74. The van der Waals surface area contributed by atoms with Crippen molar-refractivity contribution in [3.05, 3.63) is 53.1 Å². The molecule has 0 spiro atoms. The Hall–Kier alpha value is -2.09. The SMILES string of the molecule is CN(C)S(=O)(=O)c1ccc(Cl)c(C(=O)Nc2ccccc2N2CCCC2)c1. The van der Waals surface area contributed by atoms with Crippen molar-refractivity contribution in [2.45, 2.75) is 17.7 Å². The van der Waals surface area contributed by atoms with Gasteiger partial charge in [0.2, 0.25) is 10.0 Å². The minimum absolute atomic E-state index is 0.0230. The van der Waals surface area contributed by atoms with Crippen LogP contribution in [-0.4, -0.2) is 45.8 Å². The largest absolute Gasteiger partial charge is 0.370 e. The van der Waals surface area contributed by atoms with Crippen LogP contribution in [-0.2, 0) is 10.0 Å². The van der Waals surface area contributed by atoms with Crippen molar-refractivity contribution in [3.8, 4) is 0 Å². The molecule has 1 saturated heterocycles. The van der Waals surface area contributed by atoms with Gasteiger partial charge in [0.15, 0.2) is 0 Å². The van der Waals surface area contributed by atoms with E-state index in [2.05, 4.69) is 10.2 Å². The molecule has 1 fully saturated rings. The number of rotatable bonds is 5. The number of carbonyl (C=O) groups is 1. The standard InChI is InChI=1S/C19H22ClN3O3S/c1-22(2)27(25,26)14-9-10-16(20)15(13-14)19(24)21-17-7-3-4-8-18(17)23-11-5-6-12-23/h3-4,7-10,13H,5-6,11-12H2,1-2H3,(H,21,24). The monoisotopic (exact) mass is 407 g/mol. The van der Waals surface area contributed by atoms with E-state index in [4.69, 9.17) is 11.6 Å². The van der Waals surface area contributed by atoms with E-state index >= 15 is 0 Å². The van der Waals surface area contributed by atoms with Crippen LogP contribution in [0.25, 0.3) is 0 Å². The van der Waals surface area contributed by atoms with Gasteiger partial charge in [-0.2, -0.15) is 0 Å². The van der Waals surface area contributed by atoms with E-state index in [0.717, 1.165) is 35.9 Å². The first kappa shape index (κ1) is 19.7. The van der Waals surface area contributed by atoms with E-state index < -0.39 is 15.9 Å². The number of anilines is 2. The lowest BCUT2D eigenvalue weighted by atomic mass is 10.2. The van der Waals surface area contributed by atoms with E-state index in [-0.39, 0.29) is 15.5 Å². The van der Waals surface area contributed by atoms with Gasteiger partial charge in [-0.05, 0) is 43.2 Å². The fraction of sp³-hybridized carbons (Fsp3) is 0.316. The maximum atomic E-state index is 12.8. The van der Waals surface area contributed by atoms with Crippen molar-refractivity contribution in [1.82, 2.24) is 4.31 Å². The summed E-state index contributed by atoms with van der Waals surface area (Å²) in [6.45, 7) is 1.90. The summed E-state index contributed by atoms with van der Waals surface area (Å²) in [5.41, 5.74) is 1.76. The number of nitrogens with zero attached hydrogens (tertiary/aromatic N) is 2. The van der Waals surface area contributed by atoms with Crippen molar-refractivity contribution in [2.24, 2.45) is 0 Å². The molecule has 1 amide bonds. The minimum Gasteiger partial charge on any atom is -0.370 e. The van der Waals surface area contributed by atoms with Crippen LogP contribution in [0.3, 0.4) is 0 Å². The lowest BCUT2D eigenvalue weighted by molar-refractivity contribution is 0.102. The van der Waals surface area contributed by atoms with Gasteiger partial charge in [-0.15, -0.1) is 0 Å². The molecule has 1 heterocycles. The fourth-order valence-corrected chi connectivity index (χ4v) is 4.18. The van der Waals surface area contributed by atoms with Crippen LogP contribution in [0.15, 0.2) is 47.4 Å². The summed E-state index contributed by atoms with van der Waals surface area (Å²) in [4.78, 5) is 15.1. The summed E-state index contributed by atoms with van der Waals surface area (Å²) >= 11 is 6.17. The minimum atomic E-state index is -3.66. The van der Waals surface area contributed by atoms with Gasteiger partial charge in [0.05, 0.1) is 26.9 Å². The van der Waals surface area contributed by atoms with Crippen LogP contribution in [0, 0.1) is 0 Å². The summed E-state index contributed by atoms with van der Waals surface area (Å²) in [5, 5.41) is 3.08. The number of amides is 1. The van der Waals surface area contributed by atoms with Gasteiger partial charge < -0.3 is 10.2 Å². The molecule has 0 unspecified atom stereocenters. The predicted octanol–water partition coefficient (Wildman–Crippen LogP) is 3.44. The second-order valence-electron chi connectivity index (χ2n) is 6.59. The molecule has 27 heavy (non-hydrogen) atoms. The Bertz CT molecular complexity index is 954. The van der Waals surface area contributed by atoms with Gasteiger partial charge in [0, 0.05) is 27.2 Å². The van der Waals surface area contributed by atoms with Crippen molar-refractivity contribution in [2.75, 3.05) is 37.4 Å². The second-order valence-corrected chi connectivity index (χ2v) is 9.15. The number of hydrogen-bond acceptors (Lipinski definition) is 4. The number of halogens is 1. The van der Waals surface area contributed by atoms with Crippen molar-refractivity contribution in [3.63, 3.8) is 0 Å². The van der Waals surface area contributed by atoms with Crippen LogP contribution >= 0.6 is 11.6 Å². The molecule has 8 heteroatoms. The Balaban J connectivity index is 1.92. The maximum Gasteiger partial charge on any atom is 0.257 e. The van der Waals surface area contributed by atoms with E-state index in [9.17, 15) is 13.2 Å². The molecule has 6 nitrogen and oxygen atoms in total. The molecular weight excluding hydrogens is 386 g/mol. The van der Waals surface area contributed by atoms with Gasteiger partial charge in [-0.25, -0.2) is 12.7 Å². The molecule has 0 aromatic heterocycles. The highest BCUT2D eigenvalue weighted by Gasteiger charge is 2.22.